The summed E-state index contributed by atoms with van der Waals surface area (Å²) in [6.45, 7) is 19.4. The predicted molar refractivity (Wildman–Crippen MR) is 121 cm³/mol. The van der Waals surface area contributed by atoms with Crippen LogP contribution >= 0.6 is 0 Å². The van der Waals surface area contributed by atoms with Crippen LogP contribution in [0.1, 0.15) is 60.3 Å². The van der Waals surface area contributed by atoms with Gasteiger partial charge < -0.3 is 23.6 Å². The normalized spacial score (nSPS) is 12.7. The molecule has 0 aliphatic rings. The molecular formula is C21H49N3O2Si. The molecule has 0 aromatic heterocycles. The molecule has 5 nitrogen and oxygen atoms in total. The van der Waals surface area contributed by atoms with E-state index in [4.69, 9.17) is 8.85 Å². The third-order valence-corrected chi connectivity index (χ3v) is 8.69. The summed E-state index contributed by atoms with van der Waals surface area (Å²) in [6.07, 6.45) is 5.89. The number of nitrogens with zero attached hydrogens (tertiary/aromatic N) is 3. The predicted octanol–water partition coefficient (Wildman–Crippen LogP) is 3.83. The Kier molecular flexibility index (Phi) is 16.9. The van der Waals surface area contributed by atoms with Crippen molar-refractivity contribution in [1.29, 1.82) is 0 Å². The molecule has 0 spiro atoms. The van der Waals surface area contributed by atoms with Crippen LogP contribution in [-0.2, 0) is 8.85 Å². The van der Waals surface area contributed by atoms with Crippen molar-refractivity contribution in [1.82, 2.24) is 14.7 Å². The molecule has 0 rings (SSSR count). The number of hydrogen-bond donors (Lipinski definition) is 0. The average Bonchev–Trinajstić information content (AvgIpc) is 2.62. The number of rotatable bonds is 19. The third kappa shape index (κ3) is 13.0. The number of hydrogen-bond acceptors (Lipinski definition) is 5. The Hall–Kier alpha value is 0.0169. The van der Waals surface area contributed by atoms with E-state index < -0.39 is 8.56 Å². The summed E-state index contributed by atoms with van der Waals surface area (Å²) in [5.74, 6) is 0. The van der Waals surface area contributed by atoms with Gasteiger partial charge in [0.25, 0.3) is 0 Å². The lowest BCUT2D eigenvalue weighted by Crippen LogP contribution is -2.53. The molecular weight excluding hydrogens is 354 g/mol. The van der Waals surface area contributed by atoms with Gasteiger partial charge in [-0.2, -0.15) is 0 Å². The molecule has 0 aliphatic carbocycles. The molecule has 0 bridgehead atoms. The molecule has 6 heteroatoms. The standard InChI is InChI=1S/C21H49N3O2Si/c1-8-15-22(6)17-13-19-24(20-14-18-23(7)16-9-2)21-27(12-5,25-10-3)26-11-4/h8-21H2,1-7H3. The van der Waals surface area contributed by atoms with Crippen LogP contribution in [0.4, 0.5) is 0 Å². The van der Waals surface area contributed by atoms with E-state index >= 15 is 0 Å². The molecule has 0 aromatic rings. The first kappa shape index (κ1) is 27.0. The van der Waals surface area contributed by atoms with Crippen molar-refractivity contribution in [2.24, 2.45) is 0 Å². The van der Waals surface area contributed by atoms with Crippen molar-refractivity contribution in [2.45, 2.75) is 66.3 Å². The van der Waals surface area contributed by atoms with Gasteiger partial charge in [0.05, 0.1) is 0 Å². The minimum Gasteiger partial charge on any atom is -0.394 e. The van der Waals surface area contributed by atoms with Gasteiger partial charge in [-0.1, -0.05) is 20.8 Å². The Morgan fingerprint density at radius 3 is 1.41 bits per heavy atom. The molecule has 27 heavy (non-hydrogen) atoms. The van der Waals surface area contributed by atoms with E-state index in [0.29, 0.717) is 0 Å². The molecule has 0 fully saturated rings. The van der Waals surface area contributed by atoms with Gasteiger partial charge in [-0.15, -0.1) is 0 Å². The van der Waals surface area contributed by atoms with Crippen LogP contribution in [0.25, 0.3) is 0 Å². The molecule has 0 aromatic carbocycles. The minimum atomic E-state index is -2.12. The molecule has 0 unspecified atom stereocenters. The maximum absolute atomic E-state index is 6.24. The van der Waals surface area contributed by atoms with Crippen LogP contribution in [-0.4, -0.2) is 96.0 Å². The van der Waals surface area contributed by atoms with Crippen LogP contribution in [0.5, 0.6) is 0 Å². The second-order valence-electron chi connectivity index (χ2n) is 7.72. The second kappa shape index (κ2) is 16.9. The lowest BCUT2D eigenvalue weighted by atomic mass is 10.3. The highest BCUT2D eigenvalue weighted by Crippen LogP contribution is 2.16. The highest BCUT2D eigenvalue weighted by atomic mass is 28.4. The fourth-order valence-corrected chi connectivity index (χ4v) is 6.65. The van der Waals surface area contributed by atoms with Crippen LogP contribution in [0, 0.1) is 0 Å². The molecule has 0 N–H and O–H groups in total. The summed E-state index contributed by atoms with van der Waals surface area (Å²) in [5, 5.41) is 0. The van der Waals surface area contributed by atoms with Crippen molar-refractivity contribution >= 4 is 8.56 Å². The van der Waals surface area contributed by atoms with Crippen molar-refractivity contribution in [3.05, 3.63) is 0 Å². The minimum absolute atomic E-state index is 0.756. The SMILES string of the molecule is CCCN(C)CCCN(CCCN(C)CCC)C[Si](CC)(OCC)OCC. The summed E-state index contributed by atoms with van der Waals surface area (Å²) in [5.41, 5.74) is 0. The summed E-state index contributed by atoms with van der Waals surface area (Å²) >= 11 is 0. The zero-order valence-corrected chi connectivity index (χ0v) is 20.6. The van der Waals surface area contributed by atoms with E-state index in [1.54, 1.807) is 0 Å². The largest absolute Gasteiger partial charge is 0.394 e. The molecule has 0 saturated carbocycles. The Bertz CT molecular complexity index is 311. The topological polar surface area (TPSA) is 28.2 Å². The maximum atomic E-state index is 6.24. The Balaban J connectivity index is 4.76. The first-order chi connectivity index (χ1) is 13.0. The van der Waals surface area contributed by atoms with Gasteiger partial charge in [0, 0.05) is 19.4 Å². The Morgan fingerprint density at radius 2 is 1.07 bits per heavy atom. The highest BCUT2D eigenvalue weighted by Gasteiger charge is 2.37. The first-order valence-electron chi connectivity index (χ1n) is 11.3. The van der Waals surface area contributed by atoms with Crippen molar-refractivity contribution < 1.29 is 8.85 Å². The monoisotopic (exact) mass is 403 g/mol. The molecule has 164 valence electrons. The maximum Gasteiger partial charge on any atom is 0.352 e. The van der Waals surface area contributed by atoms with Crippen LogP contribution < -0.4 is 0 Å². The van der Waals surface area contributed by atoms with Crippen molar-refractivity contribution in [3.8, 4) is 0 Å². The summed E-state index contributed by atoms with van der Waals surface area (Å²) in [4.78, 5) is 7.52. The molecule has 0 atom stereocenters. The van der Waals surface area contributed by atoms with Gasteiger partial charge in [-0.3, -0.25) is 0 Å². The fraction of sp³-hybridized carbons (Fsp3) is 1.00. The molecule has 0 saturated heterocycles. The van der Waals surface area contributed by atoms with E-state index in [1.165, 1.54) is 51.9 Å². The van der Waals surface area contributed by atoms with Crippen molar-refractivity contribution in [3.63, 3.8) is 0 Å². The van der Waals surface area contributed by atoms with Crippen LogP contribution in [0.2, 0.25) is 6.04 Å². The quantitative estimate of drug-likeness (QED) is 0.306. The van der Waals surface area contributed by atoms with Gasteiger partial charge in [-0.05, 0) is 98.9 Å². The van der Waals surface area contributed by atoms with E-state index in [1.807, 2.05) is 0 Å². The van der Waals surface area contributed by atoms with Gasteiger partial charge in [0.2, 0.25) is 0 Å². The lowest BCUT2D eigenvalue weighted by Gasteiger charge is -2.35. The smallest absolute Gasteiger partial charge is 0.352 e. The highest BCUT2D eigenvalue weighted by molar-refractivity contribution is 6.67. The Morgan fingerprint density at radius 1 is 0.630 bits per heavy atom. The van der Waals surface area contributed by atoms with E-state index in [9.17, 15) is 0 Å². The van der Waals surface area contributed by atoms with Crippen LogP contribution in [0.15, 0.2) is 0 Å². The van der Waals surface area contributed by atoms with Gasteiger partial charge in [0.15, 0.2) is 0 Å². The van der Waals surface area contributed by atoms with E-state index in [-0.39, 0.29) is 0 Å². The molecule has 0 radical (unpaired) electrons. The summed E-state index contributed by atoms with van der Waals surface area (Å²) < 4.78 is 12.5. The first-order valence-corrected chi connectivity index (χ1v) is 13.6. The molecule has 0 amide bonds. The second-order valence-corrected chi connectivity index (χ2v) is 11.1. The summed E-state index contributed by atoms with van der Waals surface area (Å²) in [7, 11) is 2.35. The zero-order valence-electron chi connectivity index (χ0n) is 19.6. The molecule has 0 aliphatic heterocycles. The van der Waals surface area contributed by atoms with Gasteiger partial charge >= 0.3 is 8.56 Å². The van der Waals surface area contributed by atoms with Gasteiger partial charge in [0.1, 0.15) is 0 Å². The van der Waals surface area contributed by atoms with Crippen molar-refractivity contribution in [2.75, 3.05) is 72.7 Å². The zero-order chi connectivity index (χ0) is 20.5. The average molecular weight is 404 g/mol. The third-order valence-electron chi connectivity index (χ3n) is 5.06. The summed E-state index contributed by atoms with van der Waals surface area (Å²) in [6, 6.07) is 1.02. The lowest BCUT2D eigenvalue weighted by molar-refractivity contribution is 0.154. The fourth-order valence-electron chi connectivity index (χ4n) is 3.70. The van der Waals surface area contributed by atoms with Gasteiger partial charge in [-0.25, -0.2) is 0 Å². The van der Waals surface area contributed by atoms with E-state index in [0.717, 1.165) is 38.5 Å². The molecule has 0 heterocycles. The van der Waals surface area contributed by atoms with E-state index in [2.05, 4.69) is 63.4 Å². The Labute approximate surface area is 171 Å². The van der Waals surface area contributed by atoms with Crippen LogP contribution in [0.3, 0.4) is 0 Å².